The molecule has 4 aliphatic heterocycles. The number of nitrogens with zero attached hydrogens (tertiary/aromatic N) is 3. The van der Waals surface area contributed by atoms with Crippen molar-refractivity contribution in [2.24, 2.45) is 11.8 Å². The van der Waals surface area contributed by atoms with Crippen LogP contribution >= 0.6 is 0 Å². The minimum Gasteiger partial charge on any atom is -0.476 e. The van der Waals surface area contributed by atoms with Crippen molar-refractivity contribution in [2.75, 3.05) is 70.1 Å². The number of aryl methyl sites for hydroxylation is 2. The summed E-state index contributed by atoms with van der Waals surface area (Å²) in [5, 5.41) is 3.01. The van der Waals surface area contributed by atoms with Crippen molar-refractivity contribution in [3.8, 4) is 34.3 Å². The van der Waals surface area contributed by atoms with E-state index in [0.29, 0.717) is 88.8 Å². The van der Waals surface area contributed by atoms with Crippen LogP contribution in [-0.2, 0) is 54.5 Å². The highest BCUT2D eigenvalue weighted by Crippen LogP contribution is 2.39. The maximum Gasteiger partial charge on any atom is 0.229 e. The van der Waals surface area contributed by atoms with Crippen LogP contribution in [0, 0.1) is 25.7 Å². The number of anilines is 2. The highest BCUT2D eigenvalue weighted by molar-refractivity contribution is 5.96. The second-order valence-electron chi connectivity index (χ2n) is 16.9. The molecule has 61 heavy (non-hydrogen) atoms. The van der Waals surface area contributed by atoms with E-state index in [1.807, 2.05) is 51.2 Å². The third-order valence-corrected chi connectivity index (χ3v) is 12.4. The largest absolute Gasteiger partial charge is 0.476 e. The number of ether oxygens (including phenoxy) is 6. The quantitative estimate of drug-likeness (QED) is 0.230. The summed E-state index contributed by atoms with van der Waals surface area (Å²) in [5.74, 6) is 1.76. The number of carbonyl (C=O) groups excluding carboxylic acids is 2. The van der Waals surface area contributed by atoms with Gasteiger partial charge in [0, 0.05) is 77.7 Å². The lowest BCUT2D eigenvalue weighted by Crippen LogP contribution is -2.34. The van der Waals surface area contributed by atoms with Crippen molar-refractivity contribution >= 4 is 23.2 Å². The Morgan fingerprint density at radius 3 is 1.74 bits per heavy atom. The Labute approximate surface area is 354 Å². The fraction of sp³-hybridized carbons (Fsp3) is 0.489. The topological polar surface area (TPSA) is 149 Å². The average molecular weight is 835 g/mol. The van der Waals surface area contributed by atoms with E-state index in [2.05, 4.69) is 20.5 Å². The van der Waals surface area contributed by atoms with E-state index in [1.165, 1.54) is 0 Å². The molecule has 0 bridgehead atoms. The van der Waals surface area contributed by atoms with Gasteiger partial charge in [0.1, 0.15) is 25.4 Å². The summed E-state index contributed by atoms with van der Waals surface area (Å²) in [7, 11) is 1.85. The predicted octanol–water partition coefficient (Wildman–Crippen LogP) is 5.07. The van der Waals surface area contributed by atoms with Gasteiger partial charge in [0.05, 0.1) is 51.0 Å². The lowest BCUT2D eigenvalue weighted by molar-refractivity contribution is -0.119. The third kappa shape index (κ3) is 8.90. The van der Waals surface area contributed by atoms with Crippen LogP contribution in [0.15, 0.2) is 58.1 Å². The molecule has 2 amide bonds. The van der Waals surface area contributed by atoms with Gasteiger partial charge in [-0.2, -0.15) is 0 Å². The second-order valence-corrected chi connectivity index (χ2v) is 16.9. The van der Waals surface area contributed by atoms with Crippen LogP contribution in [0.5, 0.6) is 11.8 Å². The van der Waals surface area contributed by atoms with Crippen LogP contribution in [0.1, 0.15) is 47.9 Å². The molecule has 4 fully saturated rings. The standard InChI is InChI=1S/C24H28N2O5.C23H26N2O5/c1-15-21(27)12-22(31-14-19-13-29-9-10-30-19)26-8-7-17-11-18(5-6-20(17)23(15)26)25(2)24(28)16-3-4-16;1-14-20(26)11-21(30-13-18-12-28-8-9-29-18)25-7-6-16-10-17(4-5-19(16)22(14)25)24-23(27)15-2-3-15/h5-6,11-12,16,19H,3-4,7-10,13-14H2,1-2H3;4-5,10-11,15,18H,2-3,6-9,12-13H2,1H3,(H,24,27)/t19-;18-/m00/s1. The zero-order valence-corrected chi connectivity index (χ0v) is 35.2. The van der Waals surface area contributed by atoms with Gasteiger partial charge in [-0.25, -0.2) is 0 Å². The average Bonchev–Trinajstić information content (AvgIpc) is 4.22. The fourth-order valence-corrected chi connectivity index (χ4v) is 8.58. The summed E-state index contributed by atoms with van der Waals surface area (Å²) in [6, 6.07) is 15.2. The summed E-state index contributed by atoms with van der Waals surface area (Å²) < 4.78 is 38.4. The van der Waals surface area contributed by atoms with Crippen molar-refractivity contribution < 1.29 is 38.0 Å². The number of hydrogen-bond acceptors (Lipinski definition) is 10. The number of hydrogen-bond donors (Lipinski definition) is 1. The van der Waals surface area contributed by atoms with Crippen molar-refractivity contribution in [3.05, 3.63) is 91.2 Å². The molecule has 2 aromatic heterocycles. The van der Waals surface area contributed by atoms with Crippen molar-refractivity contribution in [1.29, 1.82) is 0 Å². The highest BCUT2D eigenvalue weighted by Gasteiger charge is 2.33. The molecule has 2 saturated carbocycles. The fourth-order valence-electron chi connectivity index (χ4n) is 8.58. The predicted molar refractivity (Wildman–Crippen MR) is 229 cm³/mol. The first-order chi connectivity index (χ1) is 29.6. The minimum absolute atomic E-state index is 0.0416. The number of pyridine rings is 2. The molecule has 10 rings (SSSR count). The van der Waals surface area contributed by atoms with Gasteiger partial charge in [-0.3, -0.25) is 19.2 Å². The Morgan fingerprint density at radius 2 is 1.23 bits per heavy atom. The second kappa shape index (κ2) is 17.6. The number of aromatic nitrogens is 2. The van der Waals surface area contributed by atoms with Crippen LogP contribution in [0.3, 0.4) is 0 Å². The summed E-state index contributed by atoms with van der Waals surface area (Å²) in [5.41, 5.74) is 9.16. The molecule has 0 radical (unpaired) electrons. The maximum absolute atomic E-state index is 12.7. The van der Waals surface area contributed by atoms with Gasteiger partial charge in [-0.15, -0.1) is 0 Å². The molecule has 2 saturated heterocycles. The molecule has 6 aliphatic rings. The van der Waals surface area contributed by atoms with Crippen molar-refractivity contribution in [2.45, 2.75) is 77.7 Å². The van der Waals surface area contributed by atoms with Gasteiger partial charge < -0.3 is 47.8 Å². The first-order valence-electron chi connectivity index (χ1n) is 21.6. The molecule has 2 aliphatic carbocycles. The molecular weight excluding hydrogens is 781 g/mol. The van der Waals surface area contributed by atoms with Crippen LogP contribution in [0.25, 0.3) is 22.5 Å². The smallest absolute Gasteiger partial charge is 0.229 e. The number of carbonyl (C=O) groups is 2. The third-order valence-electron chi connectivity index (χ3n) is 12.4. The number of nitrogens with one attached hydrogen (secondary N) is 1. The summed E-state index contributed by atoms with van der Waals surface area (Å²) in [4.78, 5) is 51.7. The van der Waals surface area contributed by atoms with Crippen LogP contribution in [-0.4, -0.2) is 93.1 Å². The first-order valence-corrected chi connectivity index (χ1v) is 21.6. The molecule has 322 valence electrons. The SMILES string of the molecule is Cc1c2n(c(OC[C@@H]3COCCO3)cc1=O)CCc1cc(N(C)C(=O)C3CC3)ccc1-2.Cc1c2n(c(OC[C@@H]3COCCO3)cc1=O)CCc1cc(NC(=O)C3CC3)ccc1-2. The number of amides is 2. The summed E-state index contributed by atoms with van der Waals surface area (Å²) in [6.45, 7) is 9.18. The van der Waals surface area contributed by atoms with Crippen molar-refractivity contribution in [1.82, 2.24) is 9.13 Å². The molecule has 2 aromatic carbocycles. The van der Waals surface area contributed by atoms with E-state index in [4.69, 9.17) is 28.4 Å². The van der Waals surface area contributed by atoms with E-state index in [0.717, 1.165) is 83.5 Å². The van der Waals surface area contributed by atoms with E-state index in [1.54, 1.807) is 17.0 Å². The van der Waals surface area contributed by atoms with Gasteiger partial charge in [0.2, 0.25) is 11.8 Å². The number of benzene rings is 2. The highest BCUT2D eigenvalue weighted by atomic mass is 16.6. The molecule has 14 nitrogen and oxygen atoms in total. The Morgan fingerprint density at radius 1 is 0.705 bits per heavy atom. The van der Waals surface area contributed by atoms with Crippen LogP contribution in [0.4, 0.5) is 11.4 Å². The van der Waals surface area contributed by atoms with Gasteiger partial charge in [0.25, 0.3) is 0 Å². The van der Waals surface area contributed by atoms with Gasteiger partial charge in [-0.05, 0) is 87.8 Å². The molecule has 14 heteroatoms. The monoisotopic (exact) mass is 834 g/mol. The van der Waals surface area contributed by atoms with Gasteiger partial charge in [0.15, 0.2) is 22.6 Å². The number of fused-ring (bicyclic) bond motifs is 6. The van der Waals surface area contributed by atoms with E-state index < -0.39 is 0 Å². The molecule has 0 spiro atoms. The van der Waals surface area contributed by atoms with E-state index in [-0.39, 0.29) is 46.7 Å². The van der Waals surface area contributed by atoms with E-state index >= 15 is 0 Å². The summed E-state index contributed by atoms with van der Waals surface area (Å²) >= 11 is 0. The zero-order valence-electron chi connectivity index (χ0n) is 35.2. The zero-order chi connectivity index (χ0) is 42.2. The maximum atomic E-state index is 12.7. The Bertz CT molecular complexity index is 2440. The molecule has 6 heterocycles. The minimum atomic E-state index is -0.126. The van der Waals surface area contributed by atoms with Gasteiger partial charge in [-0.1, -0.05) is 12.1 Å². The first kappa shape index (κ1) is 41.1. The molecule has 4 aromatic rings. The molecule has 1 N–H and O–H groups in total. The Hall–Kier alpha value is -5.28. The summed E-state index contributed by atoms with van der Waals surface area (Å²) in [6.07, 6.45) is 5.30. The van der Waals surface area contributed by atoms with E-state index in [9.17, 15) is 19.2 Å². The lowest BCUT2D eigenvalue weighted by atomic mass is 9.94. The normalized spacial score (nSPS) is 20.1. The van der Waals surface area contributed by atoms with Gasteiger partial charge >= 0.3 is 0 Å². The van der Waals surface area contributed by atoms with Crippen LogP contribution in [0.2, 0.25) is 0 Å². The Balaban J connectivity index is 0.000000156. The number of rotatable bonds is 10. The molecule has 0 unspecified atom stereocenters. The molecule has 2 atom stereocenters. The lowest BCUT2D eigenvalue weighted by Gasteiger charge is -2.29. The van der Waals surface area contributed by atoms with Crippen LogP contribution < -0.4 is 30.5 Å². The molecular formula is C47H54N4O10. The van der Waals surface area contributed by atoms with Crippen molar-refractivity contribution in [3.63, 3.8) is 0 Å². The Kier molecular flexibility index (Phi) is 11.9.